The maximum atomic E-state index is 12.0. The molecule has 19 heavy (non-hydrogen) atoms. The van der Waals surface area contributed by atoms with Crippen LogP contribution in [0.15, 0.2) is 29.2 Å². The topological polar surface area (TPSA) is 107 Å². The van der Waals surface area contributed by atoms with Crippen molar-refractivity contribution >= 4 is 32.2 Å². The van der Waals surface area contributed by atoms with Gasteiger partial charge in [0.25, 0.3) is 10.0 Å². The van der Waals surface area contributed by atoms with Crippen LogP contribution >= 0.6 is 11.3 Å². The standard InChI is InChI=1S/C10H12N4O3S2/c1-17-6-9-12-13-10(18-9)14-19(15,16)8-4-2-7(11)3-5-8/h2-5H,6,11H2,1H3,(H,13,14). The van der Waals surface area contributed by atoms with E-state index in [4.69, 9.17) is 10.5 Å². The van der Waals surface area contributed by atoms with Crippen LogP contribution in [0.1, 0.15) is 5.01 Å². The van der Waals surface area contributed by atoms with Crippen molar-refractivity contribution in [2.75, 3.05) is 17.6 Å². The minimum atomic E-state index is -3.67. The molecule has 0 aliphatic rings. The molecule has 0 aliphatic carbocycles. The maximum absolute atomic E-state index is 12.0. The van der Waals surface area contributed by atoms with Gasteiger partial charge < -0.3 is 10.5 Å². The third-order valence-electron chi connectivity index (χ3n) is 2.15. The van der Waals surface area contributed by atoms with Crippen LogP contribution in [0.25, 0.3) is 0 Å². The fourth-order valence-corrected chi connectivity index (χ4v) is 3.24. The van der Waals surface area contributed by atoms with Crippen molar-refractivity contribution in [1.82, 2.24) is 10.2 Å². The van der Waals surface area contributed by atoms with Gasteiger partial charge in [-0.15, -0.1) is 10.2 Å². The highest BCUT2D eigenvalue weighted by molar-refractivity contribution is 7.93. The first-order valence-electron chi connectivity index (χ1n) is 5.21. The Hall–Kier alpha value is -1.71. The summed E-state index contributed by atoms with van der Waals surface area (Å²) in [6.45, 7) is 0.293. The molecule has 0 bridgehead atoms. The van der Waals surface area contributed by atoms with Crippen molar-refractivity contribution in [2.24, 2.45) is 0 Å². The Morgan fingerprint density at radius 1 is 1.32 bits per heavy atom. The Kier molecular flexibility index (Phi) is 3.98. The Bertz CT molecular complexity index is 652. The highest BCUT2D eigenvalue weighted by Crippen LogP contribution is 2.20. The molecule has 1 aromatic carbocycles. The molecule has 0 aliphatic heterocycles. The number of rotatable bonds is 5. The van der Waals surface area contributed by atoms with E-state index in [-0.39, 0.29) is 10.0 Å². The van der Waals surface area contributed by atoms with E-state index < -0.39 is 10.0 Å². The van der Waals surface area contributed by atoms with E-state index in [9.17, 15) is 8.42 Å². The summed E-state index contributed by atoms with van der Waals surface area (Å²) in [5.41, 5.74) is 6.01. The number of anilines is 2. The van der Waals surface area contributed by atoms with Crippen molar-refractivity contribution in [3.63, 3.8) is 0 Å². The second-order valence-corrected chi connectivity index (χ2v) is 6.35. The molecule has 102 valence electrons. The third kappa shape index (κ3) is 3.40. The SMILES string of the molecule is COCc1nnc(NS(=O)(=O)c2ccc(N)cc2)s1. The van der Waals surface area contributed by atoms with Gasteiger partial charge in [-0.2, -0.15) is 0 Å². The molecular formula is C10H12N4O3S2. The van der Waals surface area contributed by atoms with E-state index >= 15 is 0 Å². The summed E-state index contributed by atoms with van der Waals surface area (Å²) in [5.74, 6) is 0. The van der Waals surface area contributed by atoms with E-state index in [1.807, 2.05) is 0 Å². The second kappa shape index (κ2) is 5.51. The predicted molar refractivity (Wildman–Crippen MR) is 72.3 cm³/mol. The lowest BCUT2D eigenvalue weighted by Crippen LogP contribution is -2.12. The average molecular weight is 300 g/mol. The van der Waals surface area contributed by atoms with Crippen molar-refractivity contribution in [3.8, 4) is 0 Å². The molecule has 0 saturated carbocycles. The molecule has 0 radical (unpaired) electrons. The van der Waals surface area contributed by atoms with E-state index in [0.717, 1.165) is 11.3 Å². The first kappa shape index (κ1) is 13.7. The average Bonchev–Trinajstić information content (AvgIpc) is 2.77. The molecule has 2 aromatic rings. The minimum Gasteiger partial charge on any atom is -0.399 e. The molecule has 0 spiro atoms. The van der Waals surface area contributed by atoms with Gasteiger partial charge in [-0.1, -0.05) is 11.3 Å². The van der Waals surface area contributed by atoms with Crippen LogP contribution in [0.5, 0.6) is 0 Å². The van der Waals surface area contributed by atoms with E-state index in [1.54, 1.807) is 0 Å². The van der Waals surface area contributed by atoms with E-state index in [2.05, 4.69) is 14.9 Å². The number of nitrogens with one attached hydrogen (secondary N) is 1. The van der Waals surface area contributed by atoms with Crippen LogP contribution in [0.4, 0.5) is 10.8 Å². The maximum Gasteiger partial charge on any atom is 0.263 e. The van der Waals surface area contributed by atoms with Crippen LogP contribution in [0.2, 0.25) is 0 Å². The molecule has 0 atom stereocenters. The van der Waals surface area contributed by atoms with Gasteiger partial charge in [0.1, 0.15) is 11.6 Å². The molecule has 0 saturated heterocycles. The van der Waals surface area contributed by atoms with Gasteiger partial charge in [-0.25, -0.2) is 8.42 Å². The normalized spacial score (nSPS) is 11.4. The highest BCUT2D eigenvalue weighted by atomic mass is 32.2. The zero-order chi connectivity index (χ0) is 13.9. The molecule has 0 amide bonds. The zero-order valence-electron chi connectivity index (χ0n) is 10.0. The van der Waals surface area contributed by atoms with E-state index in [1.165, 1.54) is 31.4 Å². The number of benzene rings is 1. The molecule has 1 heterocycles. The van der Waals surface area contributed by atoms with Crippen LogP contribution < -0.4 is 10.5 Å². The van der Waals surface area contributed by atoms with Gasteiger partial charge in [0.2, 0.25) is 5.13 Å². The van der Waals surface area contributed by atoms with Crippen molar-refractivity contribution < 1.29 is 13.2 Å². The molecule has 7 nitrogen and oxygen atoms in total. The lowest BCUT2D eigenvalue weighted by molar-refractivity contribution is 0.184. The summed E-state index contributed by atoms with van der Waals surface area (Å²) in [6.07, 6.45) is 0. The number of ether oxygens (including phenoxy) is 1. The van der Waals surface area contributed by atoms with Gasteiger partial charge in [0.15, 0.2) is 0 Å². The molecule has 0 fully saturated rings. The first-order chi connectivity index (χ1) is 9.01. The Morgan fingerprint density at radius 2 is 2.00 bits per heavy atom. The van der Waals surface area contributed by atoms with Gasteiger partial charge in [-0.05, 0) is 24.3 Å². The summed E-state index contributed by atoms with van der Waals surface area (Å²) in [4.78, 5) is 0.116. The smallest absolute Gasteiger partial charge is 0.263 e. The summed E-state index contributed by atoms with van der Waals surface area (Å²) in [5, 5.41) is 8.32. The fourth-order valence-electron chi connectivity index (χ4n) is 1.30. The lowest BCUT2D eigenvalue weighted by atomic mass is 10.3. The van der Waals surface area contributed by atoms with Crippen LogP contribution in [0, 0.1) is 0 Å². The molecule has 9 heteroatoms. The van der Waals surface area contributed by atoms with Crippen LogP contribution in [-0.2, 0) is 21.4 Å². The molecule has 1 aromatic heterocycles. The molecule has 0 unspecified atom stereocenters. The fraction of sp³-hybridized carbons (Fsp3) is 0.200. The van der Waals surface area contributed by atoms with Gasteiger partial charge >= 0.3 is 0 Å². The Morgan fingerprint density at radius 3 is 2.63 bits per heavy atom. The summed E-state index contributed by atoms with van der Waals surface area (Å²) >= 11 is 1.12. The van der Waals surface area contributed by atoms with Gasteiger partial charge in [0.05, 0.1) is 4.90 Å². The number of hydrogen-bond donors (Lipinski definition) is 2. The number of nitrogen functional groups attached to an aromatic ring is 1. The lowest BCUT2D eigenvalue weighted by Gasteiger charge is -2.04. The molecular weight excluding hydrogens is 288 g/mol. The Labute approximate surface area is 114 Å². The number of hydrogen-bond acceptors (Lipinski definition) is 7. The molecule has 2 rings (SSSR count). The predicted octanol–water partition coefficient (Wildman–Crippen LogP) is 1.07. The van der Waals surface area contributed by atoms with Crippen LogP contribution in [0.3, 0.4) is 0 Å². The van der Waals surface area contributed by atoms with Crippen LogP contribution in [-0.4, -0.2) is 25.7 Å². The van der Waals surface area contributed by atoms with Gasteiger partial charge in [0, 0.05) is 12.8 Å². The highest BCUT2D eigenvalue weighted by Gasteiger charge is 2.16. The number of nitrogens with zero attached hydrogens (tertiary/aromatic N) is 2. The molecule has 3 N–H and O–H groups in total. The van der Waals surface area contributed by atoms with E-state index in [0.29, 0.717) is 17.3 Å². The quantitative estimate of drug-likeness (QED) is 0.800. The summed E-state index contributed by atoms with van der Waals surface area (Å²) in [6, 6.07) is 5.89. The third-order valence-corrected chi connectivity index (χ3v) is 4.44. The number of sulfonamides is 1. The minimum absolute atomic E-state index is 0.116. The number of methoxy groups -OCH3 is 1. The van der Waals surface area contributed by atoms with Crippen molar-refractivity contribution in [3.05, 3.63) is 29.3 Å². The number of aromatic nitrogens is 2. The monoisotopic (exact) mass is 300 g/mol. The zero-order valence-corrected chi connectivity index (χ0v) is 11.7. The second-order valence-electron chi connectivity index (χ2n) is 3.61. The van der Waals surface area contributed by atoms with Gasteiger partial charge in [-0.3, -0.25) is 4.72 Å². The number of nitrogens with two attached hydrogens (primary N) is 1. The van der Waals surface area contributed by atoms with Crippen molar-refractivity contribution in [2.45, 2.75) is 11.5 Å². The first-order valence-corrected chi connectivity index (χ1v) is 7.51. The summed E-state index contributed by atoms with van der Waals surface area (Å²) < 4.78 is 31.3. The largest absolute Gasteiger partial charge is 0.399 e. The Balaban J connectivity index is 2.18. The van der Waals surface area contributed by atoms with Crippen molar-refractivity contribution in [1.29, 1.82) is 0 Å². The summed E-state index contributed by atoms with van der Waals surface area (Å²) in [7, 11) is -2.14.